The monoisotopic (exact) mass is 278 g/mol. The summed E-state index contributed by atoms with van der Waals surface area (Å²) in [5.74, 6) is -0.102. The zero-order chi connectivity index (χ0) is 13.7. The van der Waals surface area contributed by atoms with E-state index >= 15 is 0 Å². The average molecular weight is 278 g/mol. The first kappa shape index (κ1) is 13.8. The summed E-state index contributed by atoms with van der Waals surface area (Å²) in [6.07, 6.45) is 4.33. The number of nitrogen functional groups attached to an aromatic ring is 1. The van der Waals surface area contributed by atoms with Gasteiger partial charge in [-0.05, 0) is 25.6 Å². The predicted molar refractivity (Wildman–Crippen MR) is 79.5 cm³/mol. The molecule has 0 atom stereocenters. The van der Waals surface area contributed by atoms with Crippen molar-refractivity contribution in [3.63, 3.8) is 0 Å². The lowest BCUT2D eigenvalue weighted by Crippen LogP contribution is -2.27. The maximum absolute atomic E-state index is 12.0. The number of hydrogen-bond acceptors (Lipinski definition) is 5. The second-order valence-electron chi connectivity index (χ2n) is 4.18. The fourth-order valence-electron chi connectivity index (χ4n) is 1.81. The number of pyridine rings is 1. The molecule has 0 spiro atoms. The van der Waals surface area contributed by atoms with Gasteiger partial charge in [0, 0.05) is 24.3 Å². The van der Waals surface area contributed by atoms with Crippen molar-refractivity contribution in [2.24, 2.45) is 0 Å². The van der Waals surface area contributed by atoms with E-state index in [1.54, 1.807) is 12.4 Å². The highest BCUT2D eigenvalue weighted by molar-refractivity contribution is 7.21. The van der Waals surface area contributed by atoms with E-state index in [-0.39, 0.29) is 5.91 Å². The first-order chi connectivity index (χ1) is 9.24. The molecule has 2 heterocycles. The summed E-state index contributed by atoms with van der Waals surface area (Å²) in [7, 11) is 0. The number of amides is 1. The summed E-state index contributed by atoms with van der Waals surface area (Å²) in [4.78, 5) is 16.7. The summed E-state index contributed by atoms with van der Waals surface area (Å²) in [6, 6.07) is 1.84. The number of carbonyl (C=O) groups excluding carboxylic acids is 1. The molecule has 2 rings (SSSR count). The number of fused-ring (bicyclic) bond motifs is 1. The molecule has 0 fully saturated rings. The highest BCUT2D eigenvalue weighted by Gasteiger charge is 2.15. The smallest absolute Gasteiger partial charge is 0.263 e. The lowest BCUT2D eigenvalue weighted by molar-refractivity contribution is 0.0958. The van der Waals surface area contributed by atoms with Crippen LogP contribution in [0, 0.1) is 0 Å². The van der Waals surface area contributed by atoms with Crippen LogP contribution in [0.25, 0.3) is 10.1 Å². The van der Waals surface area contributed by atoms with Crippen LogP contribution < -0.4 is 16.4 Å². The Morgan fingerprint density at radius 3 is 3.05 bits per heavy atom. The number of thiophene rings is 1. The number of nitrogens with zero attached hydrogens (tertiary/aromatic N) is 1. The van der Waals surface area contributed by atoms with Gasteiger partial charge in [-0.25, -0.2) is 0 Å². The molecule has 0 aliphatic carbocycles. The second-order valence-corrected chi connectivity index (χ2v) is 5.23. The van der Waals surface area contributed by atoms with Crippen LogP contribution in [-0.2, 0) is 0 Å². The Bertz CT molecular complexity index is 567. The molecule has 6 heteroatoms. The highest BCUT2D eigenvalue weighted by Crippen LogP contribution is 2.32. The molecule has 19 heavy (non-hydrogen) atoms. The van der Waals surface area contributed by atoms with E-state index < -0.39 is 0 Å². The van der Waals surface area contributed by atoms with E-state index in [4.69, 9.17) is 5.73 Å². The number of carbonyl (C=O) groups is 1. The predicted octanol–water partition coefficient (Wildman–Crippen LogP) is 1.61. The number of hydrogen-bond donors (Lipinski definition) is 3. The number of anilines is 1. The number of nitrogens with one attached hydrogen (secondary N) is 2. The van der Waals surface area contributed by atoms with Gasteiger partial charge >= 0.3 is 0 Å². The molecule has 0 saturated heterocycles. The van der Waals surface area contributed by atoms with Gasteiger partial charge in [0.25, 0.3) is 5.91 Å². The number of nitrogens with two attached hydrogens (primary N) is 1. The third-order valence-corrected chi connectivity index (χ3v) is 3.96. The van der Waals surface area contributed by atoms with E-state index in [2.05, 4.69) is 22.5 Å². The molecule has 102 valence electrons. The van der Waals surface area contributed by atoms with Crippen LogP contribution in [0.1, 0.15) is 23.0 Å². The quantitative estimate of drug-likeness (QED) is 0.701. The van der Waals surface area contributed by atoms with Crippen molar-refractivity contribution in [3.8, 4) is 0 Å². The van der Waals surface area contributed by atoms with Crippen LogP contribution in [0.15, 0.2) is 18.5 Å². The van der Waals surface area contributed by atoms with Crippen molar-refractivity contribution < 1.29 is 4.79 Å². The summed E-state index contributed by atoms with van der Waals surface area (Å²) < 4.78 is 0.942. The first-order valence-corrected chi connectivity index (χ1v) is 7.16. The zero-order valence-corrected chi connectivity index (χ0v) is 11.7. The van der Waals surface area contributed by atoms with Gasteiger partial charge in [-0.2, -0.15) is 0 Å². The Kier molecular flexibility index (Phi) is 4.70. The molecule has 0 unspecified atom stereocenters. The normalized spacial score (nSPS) is 10.8. The standard InChI is InChI=1S/C13H18N4OS/c1-2-15-5-3-6-17-13(18)12-11(14)9-4-7-16-8-10(9)19-12/h4,7-8,15H,2-3,5-6,14H2,1H3,(H,17,18). The molecule has 2 aromatic heterocycles. The van der Waals surface area contributed by atoms with Crippen molar-refractivity contribution in [3.05, 3.63) is 23.3 Å². The third kappa shape index (κ3) is 3.21. The van der Waals surface area contributed by atoms with Crippen molar-refractivity contribution >= 4 is 33.0 Å². The summed E-state index contributed by atoms with van der Waals surface area (Å²) >= 11 is 1.39. The minimum Gasteiger partial charge on any atom is -0.397 e. The first-order valence-electron chi connectivity index (χ1n) is 6.35. The van der Waals surface area contributed by atoms with E-state index in [1.807, 2.05) is 6.07 Å². The number of rotatable bonds is 6. The lowest BCUT2D eigenvalue weighted by Gasteiger charge is -2.04. The molecule has 0 aliphatic rings. The molecule has 0 radical (unpaired) electrons. The molecule has 1 amide bonds. The Morgan fingerprint density at radius 2 is 2.32 bits per heavy atom. The Hall–Kier alpha value is -1.66. The topological polar surface area (TPSA) is 80.0 Å². The molecule has 2 aromatic rings. The van der Waals surface area contributed by atoms with Gasteiger partial charge in [0.15, 0.2) is 0 Å². The highest BCUT2D eigenvalue weighted by atomic mass is 32.1. The molecule has 0 bridgehead atoms. The average Bonchev–Trinajstić information content (AvgIpc) is 2.76. The molecular weight excluding hydrogens is 260 g/mol. The second kappa shape index (κ2) is 6.49. The van der Waals surface area contributed by atoms with Gasteiger partial charge in [-0.1, -0.05) is 6.92 Å². The molecule has 0 aromatic carbocycles. The molecular formula is C13H18N4OS. The van der Waals surface area contributed by atoms with Crippen molar-refractivity contribution in [1.82, 2.24) is 15.6 Å². The van der Waals surface area contributed by atoms with E-state index in [0.29, 0.717) is 17.1 Å². The maximum Gasteiger partial charge on any atom is 0.263 e. The van der Waals surface area contributed by atoms with Gasteiger partial charge in [0.05, 0.1) is 10.4 Å². The molecule has 4 N–H and O–H groups in total. The van der Waals surface area contributed by atoms with Gasteiger partial charge in [0.2, 0.25) is 0 Å². The van der Waals surface area contributed by atoms with Crippen molar-refractivity contribution in [2.75, 3.05) is 25.4 Å². The third-order valence-electron chi connectivity index (χ3n) is 2.80. The van der Waals surface area contributed by atoms with Crippen LogP contribution in [0.2, 0.25) is 0 Å². The molecule has 0 saturated carbocycles. The lowest BCUT2D eigenvalue weighted by atomic mass is 10.2. The molecule has 5 nitrogen and oxygen atoms in total. The summed E-state index contributed by atoms with van der Waals surface area (Å²) in [5.41, 5.74) is 6.55. The maximum atomic E-state index is 12.0. The zero-order valence-electron chi connectivity index (χ0n) is 10.9. The van der Waals surface area contributed by atoms with E-state index in [0.717, 1.165) is 29.6 Å². The van der Waals surface area contributed by atoms with Crippen LogP contribution >= 0.6 is 11.3 Å². The van der Waals surface area contributed by atoms with Gasteiger partial charge in [0.1, 0.15) is 4.88 Å². The SMILES string of the molecule is CCNCCCNC(=O)c1sc2cnccc2c1N. The van der Waals surface area contributed by atoms with E-state index in [1.165, 1.54) is 11.3 Å². The Labute approximate surface area is 116 Å². The minimum absolute atomic E-state index is 0.102. The minimum atomic E-state index is -0.102. The van der Waals surface area contributed by atoms with Crippen LogP contribution in [0.3, 0.4) is 0 Å². The summed E-state index contributed by atoms with van der Waals surface area (Å²) in [6.45, 7) is 4.56. The fourth-order valence-corrected chi connectivity index (χ4v) is 2.82. The van der Waals surface area contributed by atoms with Crippen LogP contribution in [0.4, 0.5) is 5.69 Å². The van der Waals surface area contributed by atoms with Gasteiger partial charge < -0.3 is 16.4 Å². The van der Waals surface area contributed by atoms with Crippen LogP contribution in [-0.4, -0.2) is 30.5 Å². The van der Waals surface area contributed by atoms with Crippen molar-refractivity contribution in [2.45, 2.75) is 13.3 Å². The van der Waals surface area contributed by atoms with E-state index in [9.17, 15) is 4.79 Å². The largest absolute Gasteiger partial charge is 0.397 e. The summed E-state index contributed by atoms with van der Waals surface area (Å²) in [5, 5.41) is 7.00. The van der Waals surface area contributed by atoms with Gasteiger partial charge in [-0.3, -0.25) is 9.78 Å². The Morgan fingerprint density at radius 1 is 1.47 bits per heavy atom. The van der Waals surface area contributed by atoms with Gasteiger partial charge in [-0.15, -0.1) is 11.3 Å². The van der Waals surface area contributed by atoms with Crippen LogP contribution in [0.5, 0.6) is 0 Å². The van der Waals surface area contributed by atoms with Crippen molar-refractivity contribution in [1.29, 1.82) is 0 Å². The molecule has 0 aliphatic heterocycles. The Balaban J connectivity index is 1.99. The fraction of sp³-hybridized carbons (Fsp3) is 0.385. The number of aromatic nitrogens is 1.